The van der Waals surface area contributed by atoms with E-state index < -0.39 is 6.10 Å². The van der Waals surface area contributed by atoms with Crippen LogP contribution in [0.25, 0.3) is 0 Å². The second-order valence-electron chi connectivity index (χ2n) is 7.95. The summed E-state index contributed by atoms with van der Waals surface area (Å²) >= 11 is 12.1. The Bertz CT molecular complexity index is 917. The maximum Gasteiger partial charge on any atom is 0.128 e. The molecule has 0 aliphatic carbocycles. The van der Waals surface area contributed by atoms with Gasteiger partial charge in [0.05, 0.1) is 12.7 Å². The van der Waals surface area contributed by atoms with Crippen molar-refractivity contribution in [3.63, 3.8) is 0 Å². The number of anilines is 1. The normalized spacial score (nSPS) is 15.8. The smallest absolute Gasteiger partial charge is 0.128 e. The fourth-order valence-corrected chi connectivity index (χ4v) is 4.17. The number of aliphatic hydroxyl groups excluding tert-OH is 1. The molecule has 0 unspecified atom stereocenters. The van der Waals surface area contributed by atoms with Crippen LogP contribution in [0, 0.1) is 0 Å². The molecule has 1 saturated heterocycles. The Morgan fingerprint density at radius 3 is 1.97 bits per heavy atom. The van der Waals surface area contributed by atoms with Gasteiger partial charge in [-0.2, -0.15) is 0 Å². The number of pyridine rings is 1. The summed E-state index contributed by atoms with van der Waals surface area (Å²) in [5.74, 6) is 1.00. The Hall–Kier alpha value is -2.15. The molecule has 1 aromatic heterocycles. The topological polar surface area (TPSA) is 48.8 Å². The number of hydrogen-bond donors (Lipinski definition) is 1. The van der Waals surface area contributed by atoms with Gasteiger partial charge in [-0.25, -0.2) is 4.98 Å². The fourth-order valence-electron chi connectivity index (χ4n) is 3.92. The Labute approximate surface area is 199 Å². The van der Waals surface area contributed by atoms with Crippen molar-refractivity contribution < 1.29 is 9.84 Å². The van der Waals surface area contributed by atoms with E-state index in [2.05, 4.69) is 14.8 Å². The van der Waals surface area contributed by atoms with Gasteiger partial charge in [0.2, 0.25) is 0 Å². The average Bonchev–Trinajstić information content (AvgIpc) is 2.82. The van der Waals surface area contributed by atoms with E-state index in [0.29, 0.717) is 16.6 Å². The second-order valence-corrected chi connectivity index (χ2v) is 8.82. The van der Waals surface area contributed by atoms with Crippen LogP contribution in [0.4, 0.5) is 5.82 Å². The number of aromatic nitrogens is 1. The lowest BCUT2D eigenvalue weighted by Gasteiger charge is -2.36. The predicted molar refractivity (Wildman–Crippen MR) is 130 cm³/mol. The predicted octanol–water partition coefficient (Wildman–Crippen LogP) is 4.68. The van der Waals surface area contributed by atoms with Crippen molar-refractivity contribution >= 4 is 29.0 Å². The van der Waals surface area contributed by atoms with Crippen LogP contribution < -0.4 is 4.90 Å². The number of β-amino-alcohol motifs (C(OH)–C–C–N with tert-alkyl or cyclic N) is 1. The molecule has 0 amide bonds. The van der Waals surface area contributed by atoms with E-state index in [9.17, 15) is 5.11 Å². The molecular weight excluding hydrogens is 445 g/mol. The maximum atomic E-state index is 10.7. The zero-order valence-corrected chi connectivity index (χ0v) is 19.3. The lowest BCUT2D eigenvalue weighted by molar-refractivity contribution is -0.00894. The lowest BCUT2D eigenvalue weighted by Crippen LogP contribution is -2.49. The number of aliphatic hydroxyl groups is 1. The van der Waals surface area contributed by atoms with Crippen LogP contribution in [0.5, 0.6) is 0 Å². The third kappa shape index (κ3) is 6.21. The van der Waals surface area contributed by atoms with Crippen LogP contribution in [0.1, 0.15) is 17.2 Å². The van der Waals surface area contributed by atoms with Crippen molar-refractivity contribution in [2.24, 2.45) is 0 Å². The van der Waals surface area contributed by atoms with Crippen LogP contribution in [0.2, 0.25) is 10.0 Å². The first-order chi connectivity index (χ1) is 15.6. The first-order valence-corrected chi connectivity index (χ1v) is 11.5. The molecule has 0 saturated carbocycles. The second kappa shape index (κ2) is 11.1. The van der Waals surface area contributed by atoms with Gasteiger partial charge in [0.15, 0.2) is 0 Å². The van der Waals surface area contributed by atoms with Crippen LogP contribution in [-0.4, -0.2) is 60.4 Å². The van der Waals surface area contributed by atoms with Gasteiger partial charge in [0, 0.05) is 49.0 Å². The molecule has 4 rings (SSSR count). The molecule has 32 heavy (non-hydrogen) atoms. The van der Waals surface area contributed by atoms with Crippen LogP contribution >= 0.6 is 23.2 Å². The van der Waals surface area contributed by atoms with Gasteiger partial charge in [-0.3, -0.25) is 4.90 Å². The molecule has 7 heteroatoms. The molecule has 2 aromatic carbocycles. The molecule has 5 nitrogen and oxygen atoms in total. The van der Waals surface area contributed by atoms with Crippen molar-refractivity contribution in [2.45, 2.75) is 12.2 Å². The van der Waals surface area contributed by atoms with E-state index in [-0.39, 0.29) is 12.7 Å². The van der Waals surface area contributed by atoms with Crippen LogP contribution in [0.15, 0.2) is 72.9 Å². The molecule has 0 bridgehead atoms. The number of piperazine rings is 1. The zero-order valence-electron chi connectivity index (χ0n) is 17.8. The van der Waals surface area contributed by atoms with Gasteiger partial charge in [-0.15, -0.1) is 0 Å². The summed E-state index contributed by atoms with van der Waals surface area (Å²) in [5, 5.41) is 12.0. The first-order valence-electron chi connectivity index (χ1n) is 10.8. The lowest BCUT2D eigenvalue weighted by atomic mass is 10.0. The summed E-state index contributed by atoms with van der Waals surface area (Å²) in [6.45, 7) is 4.35. The van der Waals surface area contributed by atoms with E-state index >= 15 is 0 Å². The average molecular weight is 472 g/mol. The first kappa shape index (κ1) is 23.0. The largest absolute Gasteiger partial charge is 0.389 e. The number of rotatable bonds is 8. The molecule has 1 N–H and O–H groups in total. The molecule has 0 radical (unpaired) electrons. The van der Waals surface area contributed by atoms with Crippen LogP contribution in [0.3, 0.4) is 0 Å². The Kier molecular flexibility index (Phi) is 8.00. The highest BCUT2D eigenvalue weighted by molar-refractivity contribution is 6.30. The van der Waals surface area contributed by atoms with Gasteiger partial charge in [-0.1, -0.05) is 53.5 Å². The van der Waals surface area contributed by atoms with Gasteiger partial charge in [-0.05, 0) is 47.5 Å². The van der Waals surface area contributed by atoms with E-state index in [1.165, 1.54) is 0 Å². The fraction of sp³-hybridized carbons (Fsp3) is 0.320. The summed E-state index contributed by atoms with van der Waals surface area (Å²) in [6.07, 6.45) is 0.930. The highest BCUT2D eigenvalue weighted by atomic mass is 35.5. The third-order valence-electron chi connectivity index (χ3n) is 5.62. The SMILES string of the molecule is O[C@H](COC(c1ccc(Cl)cc1)c1ccc(Cl)cc1)CN1CCN(c2ccccn2)CC1. The molecule has 0 spiro atoms. The number of benzene rings is 2. The monoisotopic (exact) mass is 471 g/mol. The molecule has 1 atom stereocenters. The van der Waals surface area contributed by atoms with Gasteiger partial charge < -0.3 is 14.7 Å². The number of nitrogens with zero attached hydrogens (tertiary/aromatic N) is 3. The standard InChI is InChI=1S/C25H27Cl2N3O2/c26-21-8-4-19(5-9-21)25(20-6-10-22(27)11-7-20)32-18-23(31)17-29-13-15-30(16-14-29)24-3-1-2-12-28-24/h1-12,23,25,31H,13-18H2/t23-/m0/s1. The Morgan fingerprint density at radius 2 is 1.44 bits per heavy atom. The van der Waals surface area contributed by atoms with E-state index in [0.717, 1.165) is 43.1 Å². The molecule has 3 aromatic rings. The summed E-state index contributed by atoms with van der Waals surface area (Å²) in [4.78, 5) is 8.97. The minimum Gasteiger partial charge on any atom is -0.389 e. The molecule has 2 heterocycles. The zero-order chi connectivity index (χ0) is 22.3. The van der Waals surface area contributed by atoms with Crippen molar-refractivity contribution in [1.82, 2.24) is 9.88 Å². The summed E-state index contributed by atoms with van der Waals surface area (Å²) in [7, 11) is 0. The highest BCUT2D eigenvalue weighted by Gasteiger charge is 2.22. The Balaban J connectivity index is 1.33. The maximum absolute atomic E-state index is 10.7. The number of ether oxygens (including phenoxy) is 1. The van der Waals surface area contributed by atoms with Crippen molar-refractivity contribution in [3.05, 3.63) is 94.1 Å². The molecule has 1 aliphatic rings. The van der Waals surface area contributed by atoms with E-state index in [1.54, 1.807) is 0 Å². The Morgan fingerprint density at radius 1 is 0.844 bits per heavy atom. The van der Waals surface area contributed by atoms with Gasteiger partial charge in [0.1, 0.15) is 11.9 Å². The van der Waals surface area contributed by atoms with E-state index in [4.69, 9.17) is 27.9 Å². The minimum absolute atomic E-state index is 0.233. The van der Waals surface area contributed by atoms with Gasteiger partial charge in [0.25, 0.3) is 0 Å². The van der Waals surface area contributed by atoms with Gasteiger partial charge >= 0.3 is 0 Å². The van der Waals surface area contributed by atoms with Crippen molar-refractivity contribution in [1.29, 1.82) is 0 Å². The molecule has 1 aliphatic heterocycles. The molecular formula is C25H27Cl2N3O2. The molecule has 168 valence electrons. The summed E-state index contributed by atoms with van der Waals surface area (Å²) in [6, 6.07) is 21.2. The quantitative estimate of drug-likeness (QED) is 0.516. The van der Waals surface area contributed by atoms with E-state index in [1.807, 2.05) is 72.9 Å². The summed E-state index contributed by atoms with van der Waals surface area (Å²) in [5.41, 5.74) is 1.96. The summed E-state index contributed by atoms with van der Waals surface area (Å²) < 4.78 is 6.20. The van der Waals surface area contributed by atoms with Crippen LogP contribution in [-0.2, 0) is 4.74 Å². The number of halogens is 2. The molecule has 1 fully saturated rings. The highest BCUT2D eigenvalue weighted by Crippen LogP contribution is 2.28. The third-order valence-corrected chi connectivity index (χ3v) is 6.12. The van der Waals surface area contributed by atoms with Crippen molar-refractivity contribution in [3.8, 4) is 0 Å². The number of hydrogen-bond acceptors (Lipinski definition) is 5. The van der Waals surface area contributed by atoms with Crippen molar-refractivity contribution in [2.75, 3.05) is 44.2 Å². The minimum atomic E-state index is -0.585.